The number of aliphatic carboxylic acids is 1. The van der Waals surface area contributed by atoms with E-state index in [2.05, 4.69) is 21.2 Å². The second-order valence-corrected chi connectivity index (χ2v) is 6.19. The van der Waals surface area contributed by atoms with Gasteiger partial charge in [-0.25, -0.2) is 4.79 Å². The van der Waals surface area contributed by atoms with E-state index in [1.807, 2.05) is 24.3 Å². The first-order chi connectivity index (χ1) is 8.49. The molecule has 0 heterocycles. The molecule has 0 bridgehead atoms. The van der Waals surface area contributed by atoms with Gasteiger partial charge in [0.15, 0.2) is 0 Å². The minimum Gasteiger partial charge on any atom is -0.480 e. The highest BCUT2D eigenvalue weighted by atomic mass is 79.9. The molecule has 1 aromatic rings. The lowest BCUT2D eigenvalue weighted by Crippen LogP contribution is -2.45. The summed E-state index contributed by atoms with van der Waals surface area (Å²) in [5, 5.41) is 12.6. The molecule has 1 aromatic carbocycles. The summed E-state index contributed by atoms with van der Waals surface area (Å²) in [5.41, 5.74) is -0.0418. The molecule has 0 amide bonds. The maximum atomic E-state index is 11.5. The molecule has 0 spiro atoms. The Labute approximate surface area is 116 Å². The van der Waals surface area contributed by atoms with E-state index in [0.29, 0.717) is 12.3 Å². The Morgan fingerprint density at radius 1 is 1.56 bits per heavy atom. The third-order valence-electron chi connectivity index (χ3n) is 3.64. The van der Waals surface area contributed by atoms with Crippen LogP contribution in [0.5, 0.6) is 0 Å². The lowest BCUT2D eigenvalue weighted by Gasteiger charge is -2.35. The van der Waals surface area contributed by atoms with E-state index in [-0.39, 0.29) is 0 Å². The van der Waals surface area contributed by atoms with Gasteiger partial charge in [-0.05, 0) is 37.5 Å². The predicted molar refractivity (Wildman–Crippen MR) is 75.8 cm³/mol. The standard InChI is InChI=1S/C14H18BrNO2/c1-14(13(17)18,9-10-4-2-5-10)16-12-7-3-6-11(15)8-12/h3,6-8,10,16H,2,4-5,9H2,1H3,(H,17,18). The molecular weight excluding hydrogens is 294 g/mol. The monoisotopic (exact) mass is 311 g/mol. The maximum absolute atomic E-state index is 11.5. The minimum atomic E-state index is -0.883. The number of carboxylic acids is 1. The van der Waals surface area contributed by atoms with Crippen molar-refractivity contribution in [2.45, 2.75) is 38.1 Å². The first kappa shape index (κ1) is 13.4. The average Bonchev–Trinajstić information content (AvgIpc) is 2.23. The first-order valence-corrected chi connectivity index (χ1v) is 7.06. The lowest BCUT2D eigenvalue weighted by atomic mass is 9.76. The van der Waals surface area contributed by atoms with Gasteiger partial charge in [0.1, 0.15) is 5.54 Å². The van der Waals surface area contributed by atoms with Crippen molar-refractivity contribution in [3.63, 3.8) is 0 Å². The molecule has 1 unspecified atom stereocenters. The summed E-state index contributed by atoms with van der Waals surface area (Å²) in [6.45, 7) is 1.77. The van der Waals surface area contributed by atoms with Crippen LogP contribution < -0.4 is 5.32 Å². The number of nitrogens with one attached hydrogen (secondary N) is 1. The van der Waals surface area contributed by atoms with Crippen LogP contribution >= 0.6 is 15.9 Å². The molecule has 0 aliphatic heterocycles. The lowest BCUT2D eigenvalue weighted by molar-refractivity contribution is -0.142. The molecule has 2 N–H and O–H groups in total. The summed E-state index contributed by atoms with van der Waals surface area (Å²) in [6.07, 6.45) is 4.23. The van der Waals surface area contributed by atoms with Crippen molar-refractivity contribution in [2.24, 2.45) is 5.92 Å². The molecule has 1 saturated carbocycles. The fourth-order valence-corrected chi connectivity index (χ4v) is 2.75. The first-order valence-electron chi connectivity index (χ1n) is 6.27. The molecule has 3 nitrogen and oxygen atoms in total. The van der Waals surface area contributed by atoms with Gasteiger partial charge in [-0.1, -0.05) is 41.3 Å². The minimum absolute atomic E-state index is 0.547. The molecular formula is C14H18BrNO2. The highest BCUT2D eigenvalue weighted by molar-refractivity contribution is 9.10. The molecule has 1 atom stereocenters. The van der Waals surface area contributed by atoms with Crippen LogP contribution in [0.4, 0.5) is 5.69 Å². The smallest absolute Gasteiger partial charge is 0.329 e. The van der Waals surface area contributed by atoms with E-state index in [9.17, 15) is 9.90 Å². The topological polar surface area (TPSA) is 49.3 Å². The summed E-state index contributed by atoms with van der Waals surface area (Å²) in [7, 11) is 0. The normalized spacial score (nSPS) is 18.8. The predicted octanol–water partition coefficient (Wildman–Crippen LogP) is 3.89. The highest BCUT2D eigenvalue weighted by Gasteiger charge is 2.37. The summed E-state index contributed by atoms with van der Waals surface area (Å²) in [4.78, 5) is 11.5. The van der Waals surface area contributed by atoms with Gasteiger partial charge in [-0.2, -0.15) is 0 Å². The fraction of sp³-hybridized carbons (Fsp3) is 0.500. The zero-order chi connectivity index (χ0) is 13.2. The third-order valence-corrected chi connectivity index (χ3v) is 4.13. The SMILES string of the molecule is CC(CC1CCC1)(Nc1cccc(Br)c1)C(=O)O. The van der Waals surface area contributed by atoms with Crippen LogP contribution in [0.3, 0.4) is 0 Å². The van der Waals surface area contributed by atoms with E-state index in [1.165, 1.54) is 6.42 Å². The van der Waals surface area contributed by atoms with Crippen molar-refractivity contribution in [2.75, 3.05) is 5.32 Å². The van der Waals surface area contributed by atoms with Crippen molar-refractivity contribution in [3.8, 4) is 0 Å². The van der Waals surface area contributed by atoms with Crippen molar-refractivity contribution in [1.82, 2.24) is 0 Å². The van der Waals surface area contributed by atoms with Crippen LogP contribution in [-0.4, -0.2) is 16.6 Å². The Bertz CT molecular complexity index is 445. The molecule has 0 aromatic heterocycles. The molecule has 18 heavy (non-hydrogen) atoms. The van der Waals surface area contributed by atoms with Crippen LogP contribution in [0.1, 0.15) is 32.6 Å². The summed E-state index contributed by atoms with van der Waals surface area (Å²) in [6, 6.07) is 7.63. The van der Waals surface area contributed by atoms with Crippen molar-refractivity contribution < 1.29 is 9.90 Å². The molecule has 98 valence electrons. The Morgan fingerprint density at radius 3 is 2.78 bits per heavy atom. The van der Waals surface area contributed by atoms with Crippen LogP contribution in [-0.2, 0) is 4.79 Å². The average molecular weight is 312 g/mol. The number of rotatable bonds is 5. The summed E-state index contributed by atoms with van der Waals surface area (Å²) >= 11 is 3.39. The van der Waals surface area contributed by atoms with Gasteiger partial charge in [-0.15, -0.1) is 0 Å². The number of carboxylic acid groups (broad SMARTS) is 1. The van der Waals surface area contributed by atoms with E-state index in [0.717, 1.165) is 23.0 Å². The number of benzene rings is 1. The maximum Gasteiger partial charge on any atom is 0.329 e. The van der Waals surface area contributed by atoms with Gasteiger partial charge in [-0.3, -0.25) is 0 Å². The number of anilines is 1. The van der Waals surface area contributed by atoms with Gasteiger partial charge in [0.25, 0.3) is 0 Å². The molecule has 1 fully saturated rings. The van der Waals surface area contributed by atoms with Gasteiger partial charge in [0.2, 0.25) is 0 Å². The molecule has 4 heteroatoms. The number of hydrogen-bond donors (Lipinski definition) is 2. The van der Waals surface area contributed by atoms with Gasteiger partial charge in [0.05, 0.1) is 0 Å². The number of hydrogen-bond acceptors (Lipinski definition) is 2. The highest BCUT2D eigenvalue weighted by Crippen LogP contribution is 2.35. The molecule has 1 aliphatic carbocycles. The summed E-state index contributed by atoms with van der Waals surface area (Å²) < 4.78 is 0.948. The van der Waals surface area contributed by atoms with Crippen molar-refractivity contribution in [3.05, 3.63) is 28.7 Å². The molecule has 0 radical (unpaired) electrons. The van der Waals surface area contributed by atoms with E-state index in [1.54, 1.807) is 6.92 Å². The second-order valence-electron chi connectivity index (χ2n) is 5.27. The number of carbonyl (C=O) groups is 1. The van der Waals surface area contributed by atoms with Gasteiger partial charge < -0.3 is 10.4 Å². The van der Waals surface area contributed by atoms with Crippen LogP contribution in [0.15, 0.2) is 28.7 Å². The van der Waals surface area contributed by atoms with Crippen LogP contribution in [0.25, 0.3) is 0 Å². The molecule has 2 rings (SSSR count). The van der Waals surface area contributed by atoms with E-state index < -0.39 is 11.5 Å². The Kier molecular flexibility index (Phi) is 3.95. The zero-order valence-electron chi connectivity index (χ0n) is 10.4. The Balaban J connectivity index is 2.11. The second kappa shape index (κ2) is 5.31. The van der Waals surface area contributed by atoms with Gasteiger partial charge >= 0.3 is 5.97 Å². The third kappa shape index (κ3) is 3.05. The van der Waals surface area contributed by atoms with Gasteiger partial charge in [0, 0.05) is 10.2 Å². The Morgan fingerprint density at radius 2 is 2.28 bits per heavy atom. The van der Waals surface area contributed by atoms with Crippen molar-refractivity contribution >= 4 is 27.6 Å². The fourth-order valence-electron chi connectivity index (χ4n) is 2.35. The van der Waals surface area contributed by atoms with E-state index >= 15 is 0 Å². The summed E-state index contributed by atoms with van der Waals surface area (Å²) in [5.74, 6) is -0.236. The largest absolute Gasteiger partial charge is 0.480 e. The number of halogens is 1. The van der Waals surface area contributed by atoms with E-state index in [4.69, 9.17) is 0 Å². The molecule has 1 aliphatic rings. The Hall–Kier alpha value is -1.03. The van der Waals surface area contributed by atoms with Crippen LogP contribution in [0.2, 0.25) is 0 Å². The molecule has 0 saturated heterocycles. The van der Waals surface area contributed by atoms with Crippen molar-refractivity contribution in [1.29, 1.82) is 0 Å². The zero-order valence-corrected chi connectivity index (χ0v) is 12.0. The quantitative estimate of drug-likeness (QED) is 0.867. The van der Waals surface area contributed by atoms with Crippen LogP contribution in [0, 0.1) is 5.92 Å².